The second kappa shape index (κ2) is 4.35. The SMILES string of the molecule is CCCCCP(C)(=O)Cl. The van der Waals surface area contributed by atoms with Crippen LogP contribution in [0.15, 0.2) is 0 Å². The summed E-state index contributed by atoms with van der Waals surface area (Å²) in [6, 6.07) is 0. The minimum Gasteiger partial charge on any atom is -0.307 e. The molecule has 0 radical (unpaired) electrons. The summed E-state index contributed by atoms with van der Waals surface area (Å²) in [7, 11) is 0. The highest BCUT2D eigenvalue weighted by Gasteiger charge is 2.07. The van der Waals surface area contributed by atoms with E-state index in [4.69, 9.17) is 11.2 Å². The Labute approximate surface area is 61.9 Å². The van der Waals surface area contributed by atoms with Crippen LogP contribution in [0, 0.1) is 0 Å². The van der Waals surface area contributed by atoms with E-state index in [-0.39, 0.29) is 0 Å². The second-order valence-electron chi connectivity index (χ2n) is 2.42. The van der Waals surface area contributed by atoms with Gasteiger partial charge in [0.25, 0.3) is 0 Å². The topological polar surface area (TPSA) is 17.1 Å². The average Bonchev–Trinajstić information content (AvgIpc) is 1.63. The molecule has 9 heavy (non-hydrogen) atoms. The van der Waals surface area contributed by atoms with Crippen LogP contribution in [0.5, 0.6) is 0 Å². The molecule has 0 aromatic heterocycles. The molecule has 0 spiro atoms. The third-order valence-corrected chi connectivity index (χ3v) is 2.78. The first kappa shape index (κ1) is 9.52. The Morgan fingerprint density at radius 1 is 1.44 bits per heavy atom. The van der Waals surface area contributed by atoms with Crippen LogP contribution in [-0.4, -0.2) is 12.8 Å². The monoisotopic (exact) mass is 168 g/mol. The highest BCUT2D eigenvalue weighted by atomic mass is 35.7. The van der Waals surface area contributed by atoms with Gasteiger partial charge in [-0.3, -0.25) is 0 Å². The fourth-order valence-corrected chi connectivity index (χ4v) is 1.79. The maximum Gasteiger partial charge on any atom is 0.166 e. The van der Waals surface area contributed by atoms with E-state index >= 15 is 0 Å². The number of unbranched alkanes of at least 4 members (excludes halogenated alkanes) is 2. The zero-order valence-electron chi connectivity index (χ0n) is 6.06. The molecule has 0 N–H and O–H groups in total. The van der Waals surface area contributed by atoms with E-state index in [0.29, 0.717) is 6.16 Å². The van der Waals surface area contributed by atoms with Gasteiger partial charge < -0.3 is 4.57 Å². The van der Waals surface area contributed by atoms with Crippen molar-refractivity contribution in [2.24, 2.45) is 0 Å². The van der Waals surface area contributed by atoms with E-state index in [9.17, 15) is 4.57 Å². The van der Waals surface area contributed by atoms with E-state index in [1.54, 1.807) is 6.66 Å². The van der Waals surface area contributed by atoms with Crippen molar-refractivity contribution in [2.75, 3.05) is 12.8 Å². The van der Waals surface area contributed by atoms with Crippen LogP contribution in [0.3, 0.4) is 0 Å². The van der Waals surface area contributed by atoms with E-state index in [1.807, 2.05) is 0 Å². The number of hydrogen-bond donors (Lipinski definition) is 0. The molecule has 0 saturated carbocycles. The van der Waals surface area contributed by atoms with Gasteiger partial charge in [0.15, 0.2) is 6.49 Å². The summed E-state index contributed by atoms with van der Waals surface area (Å²) in [5.74, 6) is 0. The van der Waals surface area contributed by atoms with Gasteiger partial charge in [-0.05, 0) is 6.42 Å². The summed E-state index contributed by atoms with van der Waals surface area (Å²) in [6.07, 6.45) is 4.01. The van der Waals surface area contributed by atoms with Gasteiger partial charge in [-0.25, -0.2) is 0 Å². The third kappa shape index (κ3) is 8.52. The largest absolute Gasteiger partial charge is 0.307 e. The summed E-state index contributed by atoms with van der Waals surface area (Å²) in [5.41, 5.74) is 0. The van der Waals surface area contributed by atoms with Crippen molar-refractivity contribution in [3.63, 3.8) is 0 Å². The molecule has 1 atom stereocenters. The lowest BCUT2D eigenvalue weighted by Crippen LogP contribution is -1.81. The molecule has 0 rings (SSSR count). The van der Waals surface area contributed by atoms with E-state index < -0.39 is 6.49 Å². The van der Waals surface area contributed by atoms with Crippen molar-refractivity contribution in [1.29, 1.82) is 0 Å². The van der Waals surface area contributed by atoms with Gasteiger partial charge in [0.1, 0.15) is 0 Å². The van der Waals surface area contributed by atoms with Gasteiger partial charge in [0, 0.05) is 12.8 Å². The molecular weight excluding hydrogens is 154 g/mol. The lowest BCUT2D eigenvalue weighted by atomic mass is 10.3. The minimum absolute atomic E-state index is 0.697. The Morgan fingerprint density at radius 3 is 2.33 bits per heavy atom. The van der Waals surface area contributed by atoms with Gasteiger partial charge in [-0.2, -0.15) is 0 Å². The smallest absolute Gasteiger partial charge is 0.166 e. The molecule has 0 aromatic rings. The zero-order chi connectivity index (χ0) is 7.33. The highest BCUT2D eigenvalue weighted by Crippen LogP contribution is 2.47. The normalized spacial score (nSPS) is 17.2. The third-order valence-electron chi connectivity index (χ3n) is 1.16. The molecule has 0 aliphatic carbocycles. The lowest BCUT2D eigenvalue weighted by molar-refractivity contribution is 0.584. The number of rotatable bonds is 4. The average molecular weight is 169 g/mol. The van der Waals surface area contributed by atoms with E-state index in [0.717, 1.165) is 19.3 Å². The Bertz CT molecular complexity index is 108. The van der Waals surface area contributed by atoms with Gasteiger partial charge >= 0.3 is 0 Å². The van der Waals surface area contributed by atoms with Crippen LogP contribution in [0.25, 0.3) is 0 Å². The van der Waals surface area contributed by atoms with Crippen molar-refractivity contribution in [3.05, 3.63) is 0 Å². The fourth-order valence-electron chi connectivity index (χ4n) is 0.644. The molecule has 0 heterocycles. The number of halogens is 1. The summed E-state index contributed by atoms with van der Waals surface area (Å²) in [6.45, 7) is 1.53. The molecule has 0 bridgehead atoms. The summed E-state index contributed by atoms with van der Waals surface area (Å²) in [4.78, 5) is 0. The maximum atomic E-state index is 10.9. The van der Waals surface area contributed by atoms with Crippen LogP contribution in [0.4, 0.5) is 0 Å². The predicted molar refractivity (Wildman–Crippen MR) is 43.8 cm³/mol. The van der Waals surface area contributed by atoms with Crippen LogP contribution >= 0.6 is 17.7 Å². The highest BCUT2D eigenvalue weighted by molar-refractivity contribution is 7.88. The van der Waals surface area contributed by atoms with E-state index in [1.165, 1.54) is 0 Å². The van der Waals surface area contributed by atoms with Crippen molar-refractivity contribution in [3.8, 4) is 0 Å². The minimum atomic E-state index is -2.22. The van der Waals surface area contributed by atoms with Crippen LogP contribution < -0.4 is 0 Å². The molecule has 3 heteroatoms. The maximum absolute atomic E-state index is 10.9. The van der Waals surface area contributed by atoms with Gasteiger partial charge in [0.05, 0.1) is 0 Å². The summed E-state index contributed by atoms with van der Waals surface area (Å²) >= 11 is 5.52. The summed E-state index contributed by atoms with van der Waals surface area (Å²) < 4.78 is 10.9. The Morgan fingerprint density at radius 2 is 2.00 bits per heavy atom. The number of hydrogen-bond acceptors (Lipinski definition) is 1. The molecular formula is C6H14ClOP. The van der Waals surface area contributed by atoms with Gasteiger partial charge in [0.2, 0.25) is 0 Å². The molecule has 0 aromatic carbocycles. The van der Waals surface area contributed by atoms with Gasteiger partial charge in [-0.1, -0.05) is 31.0 Å². The van der Waals surface area contributed by atoms with Crippen molar-refractivity contribution >= 4 is 17.7 Å². The first-order valence-electron chi connectivity index (χ1n) is 3.32. The van der Waals surface area contributed by atoms with Crippen molar-refractivity contribution in [2.45, 2.75) is 26.2 Å². The molecule has 0 amide bonds. The van der Waals surface area contributed by atoms with E-state index in [2.05, 4.69) is 6.92 Å². The molecule has 1 nitrogen and oxygen atoms in total. The predicted octanol–water partition coefficient (Wildman–Crippen LogP) is 3.32. The summed E-state index contributed by atoms with van der Waals surface area (Å²) in [5, 5.41) is 0. The van der Waals surface area contributed by atoms with Crippen LogP contribution in [-0.2, 0) is 4.57 Å². The quantitative estimate of drug-likeness (QED) is 0.465. The fraction of sp³-hybridized carbons (Fsp3) is 1.00. The lowest BCUT2D eigenvalue weighted by Gasteiger charge is -2.00. The van der Waals surface area contributed by atoms with Crippen molar-refractivity contribution in [1.82, 2.24) is 0 Å². The van der Waals surface area contributed by atoms with Crippen molar-refractivity contribution < 1.29 is 4.57 Å². The Hall–Kier alpha value is 0.520. The standard InChI is InChI=1S/C6H14ClOP/c1-3-4-5-6-9(2,7)8/h3-6H2,1-2H3. The molecule has 1 unspecified atom stereocenters. The molecule has 56 valence electrons. The van der Waals surface area contributed by atoms with Crippen LogP contribution in [0.1, 0.15) is 26.2 Å². The zero-order valence-corrected chi connectivity index (χ0v) is 7.71. The first-order valence-corrected chi connectivity index (χ1v) is 6.57. The second-order valence-corrected chi connectivity index (χ2v) is 6.98. The van der Waals surface area contributed by atoms with Crippen LogP contribution in [0.2, 0.25) is 0 Å². The first-order chi connectivity index (χ1) is 4.06. The van der Waals surface area contributed by atoms with Gasteiger partial charge in [-0.15, -0.1) is 0 Å². The molecule has 0 saturated heterocycles. The molecule has 0 aliphatic heterocycles. The molecule has 0 aliphatic rings. The Kier molecular flexibility index (Phi) is 4.61. The molecule has 0 fully saturated rings. The Balaban J connectivity index is 3.18.